The van der Waals surface area contributed by atoms with E-state index in [1.807, 2.05) is 32.9 Å². The van der Waals surface area contributed by atoms with Gasteiger partial charge in [-0.2, -0.15) is 0 Å². The zero-order valence-electron chi connectivity index (χ0n) is 12.7. The van der Waals surface area contributed by atoms with Crippen molar-refractivity contribution in [3.63, 3.8) is 0 Å². The fraction of sp³-hybridized carbons (Fsp3) is 0.562. The second kappa shape index (κ2) is 5.13. The van der Waals surface area contributed by atoms with Gasteiger partial charge >= 0.3 is 0 Å². The molecule has 0 spiro atoms. The average Bonchev–Trinajstić information content (AvgIpc) is 3.25. The lowest BCUT2D eigenvalue weighted by molar-refractivity contribution is -0.135. The molecule has 1 N–H and O–H groups in total. The predicted molar refractivity (Wildman–Crippen MR) is 79.7 cm³/mol. The quantitative estimate of drug-likeness (QED) is 0.919. The van der Waals surface area contributed by atoms with E-state index in [0.29, 0.717) is 5.92 Å². The van der Waals surface area contributed by atoms with Gasteiger partial charge in [-0.25, -0.2) is 0 Å². The Hall–Kier alpha value is -1.91. The molecule has 1 saturated heterocycles. The maximum Gasteiger partial charge on any atom is 0.250 e. The molecule has 2 unspecified atom stereocenters. The van der Waals surface area contributed by atoms with E-state index in [4.69, 9.17) is 0 Å². The standard InChI is InChI=1S/C16H21N3O2/c1-9(2)14-15(20)18-13(11-6-7-11)16(21)19(14)12-5-4-8-17-10(12)3/h4-5,8-9,11,13-14H,6-7H2,1-3H3,(H,18,20). The molecule has 5 nitrogen and oxygen atoms in total. The number of nitrogens with zero attached hydrogens (tertiary/aromatic N) is 2. The first-order valence-electron chi connectivity index (χ1n) is 7.55. The summed E-state index contributed by atoms with van der Waals surface area (Å²) in [6, 6.07) is 2.85. The largest absolute Gasteiger partial charge is 0.342 e. The van der Waals surface area contributed by atoms with Crippen molar-refractivity contribution in [2.24, 2.45) is 11.8 Å². The summed E-state index contributed by atoms with van der Waals surface area (Å²) in [6.45, 7) is 5.81. The second-order valence-corrected chi connectivity index (χ2v) is 6.33. The molecule has 2 atom stereocenters. The molecule has 21 heavy (non-hydrogen) atoms. The Balaban J connectivity index is 2.03. The van der Waals surface area contributed by atoms with Crippen molar-refractivity contribution in [1.82, 2.24) is 10.3 Å². The number of anilines is 1. The summed E-state index contributed by atoms with van der Waals surface area (Å²) in [4.78, 5) is 31.3. The van der Waals surface area contributed by atoms with Crippen molar-refractivity contribution in [2.45, 2.75) is 45.7 Å². The van der Waals surface area contributed by atoms with Crippen molar-refractivity contribution in [1.29, 1.82) is 0 Å². The Kier molecular flexibility index (Phi) is 3.43. The zero-order valence-corrected chi connectivity index (χ0v) is 12.7. The van der Waals surface area contributed by atoms with Crippen LogP contribution in [0.1, 0.15) is 32.4 Å². The lowest BCUT2D eigenvalue weighted by Crippen LogP contribution is -2.66. The highest BCUT2D eigenvalue weighted by molar-refractivity contribution is 6.09. The minimum absolute atomic E-state index is 0.00639. The Morgan fingerprint density at radius 1 is 1.33 bits per heavy atom. The first-order chi connectivity index (χ1) is 10.0. The first kappa shape index (κ1) is 14.0. The van der Waals surface area contributed by atoms with Gasteiger partial charge in [-0.05, 0) is 43.7 Å². The summed E-state index contributed by atoms with van der Waals surface area (Å²) in [5, 5.41) is 2.93. The number of rotatable bonds is 3. The highest BCUT2D eigenvalue weighted by atomic mass is 16.2. The number of carbonyl (C=O) groups is 2. The van der Waals surface area contributed by atoms with Crippen LogP contribution < -0.4 is 10.2 Å². The van der Waals surface area contributed by atoms with E-state index >= 15 is 0 Å². The van der Waals surface area contributed by atoms with Crippen LogP contribution in [0.4, 0.5) is 5.69 Å². The molecule has 3 rings (SSSR count). The molecular weight excluding hydrogens is 266 g/mol. The third-order valence-electron chi connectivity index (χ3n) is 4.31. The third-order valence-corrected chi connectivity index (χ3v) is 4.31. The van der Waals surface area contributed by atoms with Crippen LogP contribution in [0.5, 0.6) is 0 Å². The van der Waals surface area contributed by atoms with Gasteiger partial charge in [0.1, 0.15) is 12.1 Å². The molecule has 1 aromatic rings. The van der Waals surface area contributed by atoms with Crippen LogP contribution in [0.25, 0.3) is 0 Å². The van der Waals surface area contributed by atoms with Crippen LogP contribution in [0.2, 0.25) is 0 Å². The lowest BCUT2D eigenvalue weighted by atomic mass is 9.94. The maximum absolute atomic E-state index is 12.9. The summed E-state index contributed by atoms with van der Waals surface area (Å²) in [6.07, 6.45) is 3.74. The van der Waals surface area contributed by atoms with Crippen molar-refractivity contribution >= 4 is 17.5 Å². The fourth-order valence-electron chi connectivity index (χ4n) is 3.05. The van der Waals surface area contributed by atoms with Gasteiger partial charge in [0.2, 0.25) is 5.91 Å². The van der Waals surface area contributed by atoms with E-state index in [-0.39, 0.29) is 23.8 Å². The third kappa shape index (κ3) is 2.41. The molecule has 2 aliphatic rings. The normalized spacial score (nSPS) is 26.2. The number of hydrogen-bond donors (Lipinski definition) is 1. The minimum atomic E-state index is -0.463. The van der Waals surface area contributed by atoms with Crippen molar-refractivity contribution in [2.75, 3.05) is 4.90 Å². The number of nitrogens with one attached hydrogen (secondary N) is 1. The number of pyridine rings is 1. The topological polar surface area (TPSA) is 62.3 Å². The SMILES string of the molecule is Cc1ncccc1N1C(=O)C(C2CC2)NC(=O)C1C(C)C. The van der Waals surface area contributed by atoms with Crippen molar-refractivity contribution in [3.05, 3.63) is 24.0 Å². The van der Waals surface area contributed by atoms with E-state index < -0.39 is 6.04 Å². The molecule has 1 aliphatic carbocycles. The molecule has 0 radical (unpaired) electrons. The lowest BCUT2D eigenvalue weighted by Gasteiger charge is -2.41. The van der Waals surface area contributed by atoms with Gasteiger partial charge in [0.25, 0.3) is 5.91 Å². The summed E-state index contributed by atoms with van der Waals surface area (Å²) < 4.78 is 0. The van der Waals surface area contributed by atoms with Gasteiger partial charge in [0.05, 0.1) is 11.4 Å². The molecule has 1 saturated carbocycles. The Morgan fingerprint density at radius 3 is 2.62 bits per heavy atom. The van der Waals surface area contributed by atoms with Gasteiger partial charge < -0.3 is 5.32 Å². The minimum Gasteiger partial charge on any atom is -0.342 e. The van der Waals surface area contributed by atoms with Crippen LogP contribution in [-0.2, 0) is 9.59 Å². The number of carbonyl (C=O) groups excluding carboxylic acids is 2. The average molecular weight is 287 g/mol. The molecular formula is C16H21N3O2. The molecule has 112 valence electrons. The highest BCUT2D eigenvalue weighted by Crippen LogP contribution is 2.37. The van der Waals surface area contributed by atoms with Gasteiger partial charge in [-0.1, -0.05) is 13.8 Å². The number of amides is 2. The molecule has 2 heterocycles. The van der Waals surface area contributed by atoms with Crippen LogP contribution in [0, 0.1) is 18.8 Å². The van der Waals surface area contributed by atoms with Crippen LogP contribution in [0.3, 0.4) is 0 Å². The van der Waals surface area contributed by atoms with Crippen molar-refractivity contribution < 1.29 is 9.59 Å². The molecule has 1 aromatic heterocycles. The summed E-state index contributed by atoms with van der Waals surface area (Å²) in [5.41, 5.74) is 1.53. The maximum atomic E-state index is 12.9. The van der Waals surface area contributed by atoms with Gasteiger partial charge in [-0.15, -0.1) is 0 Å². The molecule has 2 fully saturated rings. The van der Waals surface area contributed by atoms with Gasteiger partial charge in [0, 0.05) is 6.20 Å². The molecule has 1 aliphatic heterocycles. The summed E-state index contributed by atoms with van der Waals surface area (Å²) >= 11 is 0. The predicted octanol–water partition coefficient (Wildman–Crippen LogP) is 1.66. The number of aromatic nitrogens is 1. The molecule has 0 aromatic carbocycles. The highest BCUT2D eigenvalue weighted by Gasteiger charge is 2.48. The number of aryl methyl sites for hydroxylation is 1. The number of hydrogen-bond acceptors (Lipinski definition) is 3. The van der Waals surface area contributed by atoms with Gasteiger partial charge in [0.15, 0.2) is 0 Å². The first-order valence-corrected chi connectivity index (χ1v) is 7.55. The number of piperazine rings is 1. The van der Waals surface area contributed by atoms with Crippen LogP contribution in [-0.4, -0.2) is 28.9 Å². The Morgan fingerprint density at radius 2 is 2.05 bits per heavy atom. The van der Waals surface area contributed by atoms with Gasteiger partial charge in [-0.3, -0.25) is 19.5 Å². The van der Waals surface area contributed by atoms with Crippen LogP contribution >= 0.6 is 0 Å². The molecule has 5 heteroatoms. The second-order valence-electron chi connectivity index (χ2n) is 6.33. The van der Waals surface area contributed by atoms with E-state index in [2.05, 4.69) is 10.3 Å². The molecule has 0 bridgehead atoms. The van der Waals surface area contributed by atoms with E-state index in [1.54, 1.807) is 11.1 Å². The Labute approximate surface area is 124 Å². The Bertz CT molecular complexity index is 581. The zero-order chi connectivity index (χ0) is 15.1. The van der Waals surface area contributed by atoms with E-state index in [1.165, 1.54) is 0 Å². The van der Waals surface area contributed by atoms with Crippen LogP contribution in [0.15, 0.2) is 18.3 Å². The summed E-state index contributed by atoms with van der Waals surface area (Å²) in [7, 11) is 0. The monoisotopic (exact) mass is 287 g/mol. The van der Waals surface area contributed by atoms with E-state index in [9.17, 15) is 9.59 Å². The summed E-state index contributed by atoms with van der Waals surface area (Å²) in [5.74, 6) is 0.305. The van der Waals surface area contributed by atoms with E-state index in [0.717, 1.165) is 24.2 Å². The molecule has 2 amide bonds. The fourth-order valence-corrected chi connectivity index (χ4v) is 3.05. The smallest absolute Gasteiger partial charge is 0.250 e. The van der Waals surface area contributed by atoms with Crippen molar-refractivity contribution in [3.8, 4) is 0 Å².